The third kappa shape index (κ3) is 11.4. The molecule has 0 unspecified atom stereocenters. The van der Waals surface area contributed by atoms with Gasteiger partial charge >= 0.3 is 11.9 Å². The second-order valence-corrected chi connectivity index (χ2v) is 18.3. The monoisotopic (exact) mass is 699 g/mol. The molecule has 44 heavy (non-hydrogen) atoms. The smallest absolute Gasteiger partial charge is 0.338 e. The van der Waals surface area contributed by atoms with Crippen LogP contribution in [0.15, 0.2) is 60.7 Å². The minimum absolute atomic E-state index is 0.00864. The molecule has 1 aliphatic rings. The number of carbonyl (C=O) groups excluding carboxylic acids is 2. The average Bonchev–Trinajstić information content (AvgIpc) is 2.93. The lowest BCUT2D eigenvalue weighted by Crippen LogP contribution is -2.63. The van der Waals surface area contributed by atoms with E-state index in [0.29, 0.717) is 0 Å². The summed E-state index contributed by atoms with van der Waals surface area (Å²) in [5.74, 6) is -2.24. The lowest BCUT2D eigenvalue weighted by Gasteiger charge is -2.45. The molecule has 5 atom stereocenters. The summed E-state index contributed by atoms with van der Waals surface area (Å²) in [6.45, 7) is 12.1. The normalized spacial score (nSPS) is 22.6. The summed E-state index contributed by atoms with van der Waals surface area (Å²) in [4.78, 5) is 26.8. The zero-order valence-electron chi connectivity index (χ0n) is 25.3. The molecule has 1 fully saturated rings. The largest absolute Gasteiger partial charge is 0.452 e. The van der Waals surface area contributed by atoms with Gasteiger partial charge in [-0.05, 0) is 34.3 Å². The van der Waals surface area contributed by atoms with Gasteiger partial charge in [0.2, 0.25) is 37.8 Å². The Morgan fingerprint density at radius 2 is 1.23 bits per heavy atom. The van der Waals surface area contributed by atoms with E-state index in [4.69, 9.17) is 68.0 Å². The van der Waals surface area contributed by atoms with E-state index in [9.17, 15) is 9.59 Å². The Balaban J connectivity index is 2.09. The molecule has 14 heteroatoms. The maximum absolute atomic E-state index is 13.5. The average molecular weight is 701 g/mol. The van der Waals surface area contributed by atoms with Gasteiger partial charge in [-0.15, -0.1) is 0 Å². The molecule has 1 aliphatic heterocycles. The number of hydrogen-bond donors (Lipinski definition) is 1. The molecule has 1 heterocycles. The Morgan fingerprint density at radius 3 is 1.68 bits per heavy atom. The molecule has 0 spiro atoms. The first-order chi connectivity index (χ1) is 20.4. The van der Waals surface area contributed by atoms with Crippen molar-refractivity contribution in [2.45, 2.75) is 86.1 Å². The Morgan fingerprint density at radius 1 is 0.750 bits per heavy atom. The number of nitrogens with one attached hydrogen (secondary N) is 1. The van der Waals surface area contributed by atoms with Crippen LogP contribution in [0.1, 0.15) is 62.3 Å². The topological polar surface area (TPSA) is 113 Å². The summed E-state index contributed by atoms with van der Waals surface area (Å²) < 4.78 is 34.1. The van der Waals surface area contributed by atoms with Gasteiger partial charge in [0.1, 0.15) is 12.2 Å². The molecule has 2 aromatic rings. The molecule has 0 bridgehead atoms. The van der Waals surface area contributed by atoms with Crippen LogP contribution in [0, 0.1) is 5.41 Å². The van der Waals surface area contributed by atoms with E-state index in [1.165, 1.54) is 0 Å². The molecule has 1 saturated heterocycles. The molecule has 4 radical (unpaired) electrons. The number of rotatable bonds is 10. The quantitative estimate of drug-likeness (QED) is 0.0970. The highest BCUT2D eigenvalue weighted by Crippen LogP contribution is 2.35. The maximum Gasteiger partial charge on any atom is 0.338 e. The molecule has 0 saturated carbocycles. The molecule has 0 amide bonds. The number of carbonyl (C=O) groups is 2. The number of alkyl halides is 3. The minimum Gasteiger partial charge on any atom is -0.452 e. The predicted molar refractivity (Wildman–Crippen MR) is 171 cm³/mol. The summed E-state index contributed by atoms with van der Waals surface area (Å²) in [5, 5.41) is 7.84. The van der Waals surface area contributed by atoms with Crippen molar-refractivity contribution in [1.29, 1.82) is 5.41 Å². The lowest BCUT2D eigenvalue weighted by molar-refractivity contribution is -0.275. The zero-order valence-corrected chi connectivity index (χ0v) is 29.5. The first-order valence-electron chi connectivity index (χ1n) is 13.8. The molecular formula is C30H36Cl3NO8Si2. The van der Waals surface area contributed by atoms with Crippen molar-refractivity contribution in [2.75, 3.05) is 6.61 Å². The van der Waals surface area contributed by atoms with Crippen molar-refractivity contribution in [3.63, 3.8) is 0 Å². The van der Waals surface area contributed by atoms with Crippen molar-refractivity contribution in [3.05, 3.63) is 71.8 Å². The van der Waals surface area contributed by atoms with E-state index in [1.807, 2.05) is 41.5 Å². The molecule has 0 aromatic heterocycles. The number of hydrogen-bond acceptors (Lipinski definition) is 9. The lowest BCUT2D eigenvalue weighted by atomic mass is 9.98. The van der Waals surface area contributed by atoms with E-state index in [1.54, 1.807) is 60.7 Å². The Labute approximate surface area is 278 Å². The fourth-order valence-electron chi connectivity index (χ4n) is 3.81. The van der Waals surface area contributed by atoms with Crippen LogP contribution in [-0.4, -0.2) is 78.5 Å². The third-order valence-corrected chi connectivity index (χ3v) is 8.16. The summed E-state index contributed by atoms with van der Waals surface area (Å²) in [6, 6.07) is 16.6. The fraction of sp³-hybridized carbons (Fsp3) is 0.500. The summed E-state index contributed by atoms with van der Waals surface area (Å²) in [6.07, 6.45) is -6.13. The van der Waals surface area contributed by atoms with Crippen molar-refractivity contribution < 1.29 is 37.4 Å². The Kier molecular flexibility index (Phi) is 12.9. The van der Waals surface area contributed by atoms with Crippen LogP contribution >= 0.6 is 34.8 Å². The Bertz CT molecular complexity index is 1250. The van der Waals surface area contributed by atoms with E-state index in [-0.39, 0.29) is 47.3 Å². The highest BCUT2D eigenvalue weighted by molar-refractivity contribution is 6.76. The van der Waals surface area contributed by atoms with Crippen LogP contribution < -0.4 is 0 Å². The maximum atomic E-state index is 13.5. The van der Waals surface area contributed by atoms with Crippen molar-refractivity contribution in [2.24, 2.45) is 0 Å². The zero-order chi connectivity index (χ0) is 32.7. The Hall–Kier alpha value is -1.97. The number of benzene rings is 2. The van der Waals surface area contributed by atoms with Crippen LogP contribution in [-0.2, 0) is 27.8 Å². The van der Waals surface area contributed by atoms with E-state index in [2.05, 4.69) is 0 Å². The van der Waals surface area contributed by atoms with Gasteiger partial charge in [0.15, 0.2) is 6.10 Å². The summed E-state index contributed by atoms with van der Waals surface area (Å²) >= 11 is 17.8. The van der Waals surface area contributed by atoms with Crippen LogP contribution in [0.2, 0.25) is 10.1 Å². The first kappa shape index (κ1) is 36.5. The number of halogens is 3. The molecular weight excluding hydrogens is 665 g/mol. The second-order valence-electron chi connectivity index (χ2n) is 12.1. The van der Waals surface area contributed by atoms with Gasteiger partial charge < -0.3 is 27.8 Å². The molecule has 3 rings (SSSR count). The van der Waals surface area contributed by atoms with Crippen LogP contribution in [0.3, 0.4) is 0 Å². The van der Waals surface area contributed by atoms with Gasteiger partial charge in [-0.2, -0.15) is 0 Å². The van der Waals surface area contributed by atoms with E-state index >= 15 is 0 Å². The molecule has 2 aromatic carbocycles. The van der Waals surface area contributed by atoms with E-state index < -0.39 is 52.3 Å². The highest BCUT2D eigenvalue weighted by atomic mass is 35.6. The number of ether oxygens (including phenoxy) is 4. The van der Waals surface area contributed by atoms with Gasteiger partial charge in [0.05, 0.1) is 17.7 Å². The summed E-state index contributed by atoms with van der Waals surface area (Å²) in [5.41, 5.74) is 0.486. The summed E-state index contributed by atoms with van der Waals surface area (Å²) in [7, 11) is 0.0177. The van der Waals surface area contributed by atoms with E-state index in [0.717, 1.165) is 0 Å². The van der Waals surface area contributed by atoms with Gasteiger partial charge in [-0.1, -0.05) is 113 Å². The molecule has 238 valence electrons. The molecule has 0 aliphatic carbocycles. The third-order valence-electron chi connectivity index (χ3n) is 5.72. The van der Waals surface area contributed by atoms with Crippen LogP contribution in [0.5, 0.6) is 0 Å². The molecule has 9 nitrogen and oxygen atoms in total. The van der Waals surface area contributed by atoms with Crippen molar-refractivity contribution in [3.8, 4) is 0 Å². The fourth-order valence-corrected chi connectivity index (χ4v) is 5.40. The first-order valence-corrected chi connectivity index (χ1v) is 16.7. The standard InChI is InChI=1S/C30H36Cl3NO8Si2/c1-28(2,3)43-37-17-20-21(42-44-29(4,5)6)22(39-24(35)18-13-9-7-10-14-18)23(26(38-20)41-27(34)30(31,32)33)40-25(36)19-15-11-8-12-16-19/h7-16,20-23,26,34H,17H2,1-6H3/t20-,21+,22+,23-,26-/m1/s1. The van der Waals surface area contributed by atoms with Crippen LogP contribution in [0.4, 0.5) is 0 Å². The highest BCUT2D eigenvalue weighted by Gasteiger charge is 2.53. The van der Waals surface area contributed by atoms with Crippen LogP contribution in [0.25, 0.3) is 0 Å². The minimum atomic E-state index is -2.26. The SMILES string of the molecule is CC(C)(C)[Si]OC[C@H]1O[C@H](OC(=N)C(Cl)(Cl)Cl)[C@H](OC(=O)c2ccccc2)[C@@H](OC(=O)c2ccccc2)[C@H]1O[Si]C(C)(C)C. The van der Waals surface area contributed by atoms with Gasteiger partial charge in [-0.3, -0.25) is 5.41 Å². The van der Waals surface area contributed by atoms with Gasteiger partial charge in [0, 0.05) is 0 Å². The number of esters is 2. The molecule has 1 N–H and O–H groups in total. The predicted octanol–water partition coefficient (Wildman–Crippen LogP) is 6.60. The van der Waals surface area contributed by atoms with Gasteiger partial charge in [0.25, 0.3) is 3.79 Å². The second kappa shape index (κ2) is 15.5. The van der Waals surface area contributed by atoms with Gasteiger partial charge in [-0.25, -0.2) is 9.59 Å². The van der Waals surface area contributed by atoms with Crippen molar-refractivity contribution in [1.82, 2.24) is 0 Å². The van der Waals surface area contributed by atoms with Crippen molar-refractivity contribution >= 4 is 72.2 Å².